The second-order valence-corrected chi connectivity index (χ2v) is 4.27. The molecule has 0 aliphatic carbocycles. The van der Waals surface area contributed by atoms with Crippen LogP contribution < -0.4 is 5.32 Å². The van der Waals surface area contributed by atoms with Gasteiger partial charge in [0.05, 0.1) is 13.2 Å². The fourth-order valence-electron chi connectivity index (χ4n) is 2.00. The van der Waals surface area contributed by atoms with Crippen molar-refractivity contribution in [3.05, 3.63) is 35.9 Å². The Balaban J connectivity index is 2.69. The molecule has 4 nitrogen and oxygen atoms in total. The van der Waals surface area contributed by atoms with Crippen molar-refractivity contribution in [2.45, 2.75) is 32.0 Å². The minimum Gasteiger partial charge on any atom is -0.468 e. The molecular weight excluding hydrogens is 230 g/mol. The molecule has 0 radical (unpaired) electrons. The number of carbonyl (C=O) groups excluding carboxylic acids is 1. The molecule has 100 valence electrons. The van der Waals surface area contributed by atoms with Crippen LogP contribution in [0.15, 0.2) is 30.3 Å². The zero-order valence-electron chi connectivity index (χ0n) is 11.3. The van der Waals surface area contributed by atoms with Crippen molar-refractivity contribution >= 4 is 5.97 Å². The zero-order valence-corrected chi connectivity index (χ0v) is 11.3. The van der Waals surface area contributed by atoms with Crippen molar-refractivity contribution in [2.24, 2.45) is 0 Å². The van der Waals surface area contributed by atoms with E-state index in [2.05, 4.69) is 10.1 Å². The fourth-order valence-corrected chi connectivity index (χ4v) is 2.00. The number of hydrogen-bond donors (Lipinski definition) is 1. The molecular formula is C14H21NO3. The van der Waals surface area contributed by atoms with Gasteiger partial charge in [-0.25, -0.2) is 0 Å². The summed E-state index contributed by atoms with van der Waals surface area (Å²) >= 11 is 0. The first-order chi connectivity index (χ1) is 8.60. The van der Waals surface area contributed by atoms with Gasteiger partial charge < -0.3 is 9.47 Å². The van der Waals surface area contributed by atoms with Crippen LogP contribution in [0, 0.1) is 0 Å². The van der Waals surface area contributed by atoms with E-state index in [4.69, 9.17) is 4.74 Å². The van der Waals surface area contributed by atoms with Crippen molar-refractivity contribution in [1.29, 1.82) is 0 Å². The van der Waals surface area contributed by atoms with Crippen LogP contribution in [-0.2, 0) is 14.3 Å². The van der Waals surface area contributed by atoms with Gasteiger partial charge in [-0.1, -0.05) is 30.3 Å². The Bertz CT molecular complexity index is 367. The Morgan fingerprint density at radius 2 is 1.78 bits per heavy atom. The lowest BCUT2D eigenvalue weighted by molar-refractivity contribution is -0.143. The van der Waals surface area contributed by atoms with Crippen LogP contribution in [0.5, 0.6) is 0 Å². The maximum absolute atomic E-state index is 11.4. The molecule has 0 spiro atoms. The third-order valence-corrected chi connectivity index (χ3v) is 2.90. The van der Waals surface area contributed by atoms with E-state index in [-0.39, 0.29) is 24.2 Å². The normalized spacial score (nSPS) is 15.8. The number of nitrogens with one attached hydrogen (secondary N) is 1. The Morgan fingerprint density at radius 1 is 1.17 bits per heavy atom. The van der Waals surface area contributed by atoms with Crippen molar-refractivity contribution in [3.63, 3.8) is 0 Å². The predicted molar refractivity (Wildman–Crippen MR) is 70.3 cm³/mol. The number of carbonyl (C=O) groups is 1. The third-order valence-electron chi connectivity index (χ3n) is 2.90. The molecule has 1 aromatic carbocycles. The highest BCUT2D eigenvalue weighted by Crippen LogP contribution is 2.20. The van der Waals surface area contributed by atoms with Crippen molar-refractivity contribution in [2.75, 3.05) is 14.2 Å². The van der Waals surface area contributed by atoms with E-state index < -0.39 is 0 Å². The minimum atomic E-state index is -0.355. The Kier molecular flexibility index (Phi) is 5.82. The summed E-state index contributed by atoms with van der Waals surface area (Å²) in [4.78, 5) is 11.4. The number of esters is 1. The van der Waals surface area contributed by atoms with Crippen LogP contribution in [0.1, 0.15) is 25.5 Å². The largest absolute Gasteiger partial charge is 0.468 e. The maximum atomic E-state index is 11.4. The number of benzene rings is 1. The fraction of sp³-hybridized carbons (Fsp3) is 0.500. The standard InChI is InChI=1S/C14H21NO3/c1-10(15-11(2)14(16)18-4)13(17-3)12-8-6-5-7-9-12/h5-11,13,15H,1-4H3/t10-,11-,13-/m1/s1. The zero-order chi connectivity index (χ0) is 13.5. The smallest absolute Gasteiger partial charge is 0.322 e. The number of rotatable bonds is 6. The van der Waals surface area contributed by atoms with Gasteiger partial charge >= 0.3 is 5.97 Å². The van der Waals surface area contributed by atoms with Gasteiger partial charge in [-0.2, -0.15) is 0 Å². The van der Waals surface area contributed by atoms with Gasteiger partial charge in [0.2, 0.25) is 0 Å². The lowest BCUT2D eigenvalue weighted by atomic mass is 10.0. The quantitative estimate of drug-likeness (QED) is 0.785. The average molecular weight is 251 g/mol. The molecule has 1 aromatic rings. The molecule has 0 aromatic heterocycles. The van der Waals surface area contributed by atoms with E-state index in [0.29, 0.717) is 0 Å². The predicted octanol–water partition coefficient (Wildman–Crippen LogP) is 1.91. The summed E-state index contributed by atoms with van der Waals surface area (Å²) in [5.41, 5.74) is 1.08. The lowest BCUT2D eigenvalue weighted by Gasteiger charge is -2.26. The van der Waals surface area contributed by atoms with E-state index >= 15 is 0 Å². The molecule has 0 aliphatic heterocycles. The Hall–Kier alpha value is -1.39. The summed E-state index contributed by atoms with van der Waals surface area (Å²) in [6.45, 7) is 3.76. The second kappa shape index (κ2) is 7.13. The van der Waals surface area contributed by atoms with Crippen LogP contribution in [0.4, 0.5) is 0 Å². The summed E-state index contributed by atoms with van der Waals surface area (Å²) in [7, 11) is 3.05. The van der Waals surface area contributed by atoms with E-state index in [9.17, 15) is 4.79 Å². The van der Waals surface area contributed by atoms with Gasteiger partial charge in [0.15, 0.2) is 0 Å². The summed E-state index contributed by atoms with van der Waals surface area (Å²) in [5.74, 6) is -0.273. The molecule has 0 fully saturated rings. The first-order valence-corrected chi connectivity index (χ1v) is 6.01. The molecule has 0 bridgehead atoms. The van der Waals surface area contributed by atoms with E-state index in [1.54, 1.807) is 14.0 Å². The van der Waals surface area contributed by atoms with Crippen molar-refractivity contribution < 1.29 is 14.3 Å². The highest BCUT2D eigenvalue weighted by Gasteiger charge is 2.23. The summed E-state index contributed by atoms with van der Waals surface area (Å²) in [6.07, 6.45) is -0.0988. The van der Waals surface area contributed by atoms with Gasteiger partial charge in [0.1, 0.15) is 6.04 Å². The van der Waals surface area contributed by atoms with Crippen LogP contribution in [0.25, 0.3) is 0 Å². The van der Waals surface area contributed by atoms with Gasteiger partial charge in [-0.15, -0.1) is 0 Å². The first-order valence-electron chi connectivity index (χ1n) is 6.01. The molecule has 0 saturated heterocycles. The summed E-state index contributed by atoms with van der Waals surface area (Å²) in [5, 5.41) is 3.18. The maximum Gasteiger partial charge on any atom is 0.322 e. The average Bonchev–Trinajstić information content (AvgIpc) is 2.39. The molecule has 0 amide bonds. The topological polar surface area (TPSA) is 47.6 Å². The minimum absolute atomic E-state index is 0.00602. The molecule has 4 heteroatoms. The number of ether oxygens (including phenoxy) is 2. The number of hydrogen-bond acceptors (Lipinski definition) is 4. The van der Waals surface area contributed by atoms with Gasteiger partial charge in [0.25, 0.3) is 0 Å². The van der Waals surface area contributed by atoms with Crippen molar-refractivity contribution in [1.82, 2.24) is 5.32 Å². The van der Waals surface area contributed by atoms with Crippen LogP contribution >= 0.6 is 0 Å². The highest BCUT2D eigenvalue weighted by molar-refractivity contribution is 5.75. The first kappa shape index (κ1) is 14.7. The second-order valence-electron chi connectivity index (χ2n) is 4.27. The molecule has 0 aliphatic rings. The molecule has 18 heavy (non-hydrogen) atoms. The Morgan fingerprint density at radius 3 is 2.28 bits per heavy atom. The number of methoxy groups -OCH3 is 2. The monoisotopic (exact) mass is 251 g/mol. The van der Waals surface area contributed by atoms with E-state index in [1.165, 1.54) is 7.11 Å². The Labute approximate surface area is 108 Å². The summed E-state index contributed by atoms with van der Waals surface area (Å²) in [6, 6.07) is 9.57. The highest BCUT2D eigenvalue weighted by atomic mass is 16.5. The third kappa shape index (κ3) is 3.82. The molecule has 0 heterocycles. The van der Waals surface area contributed by atoms with Crippen LogP contribution in [0.3, 0.4) is 0 Å². The summed E-state index contributed by atoms with van der Waals surface area (Å²) < 4.78 is 10.2. The van der Waals surface area contributed by atoms with Gasteiger partial charge in [-0.3, -0.25) is 10.1 Å². The van der Waals surface area contributed by atoms with Gasteiger partial charge in [0, 0.05) is 13.2 Å². The van der Waals surface area contributed by atoms with Crippen LogP contribution in [-0.4, -0.2) is 32.3 Å². The lowest BCUT2D eigenvalue weighted by Crippen LogP contribution is -2.43. The molecule has 1 N–H and O–H groups in total. The molecule has 3 atom stereocenters. The molecule has 0 unspecified atom stereocenters. The SMILES string of the molecule is COC(=O)[C@@H](C)N[C@H](C)[C@@H](OC)c1ccccc1. The molecule has 1 rings (SSSR count). The van der Waals surface area contributed by atoms with Gasteiger partial charge in [-0.05, 0) is 19.4 Å². The van der Waals surface area contributed by atoms with E-state index in [1.807, 2.05) is 37.3 Å². The van der Waals surface area contributed by atoms with Crippen molar-refractivity contribution in [3.8, 4) is 0 Å². The van der Waals surface area contributed by atoms with E-state index in [0.717, 1.165) is 5.56 Å². The molecule has 0 saturated carbocycles. The van der Waals surface area contributed by atoms with Crippen LogP contribution in [0.2, 0.25) is 0 Å².